The van der Waals surface area contributed by atoms with Crippen LogP contribution in [0.4, 0.5) is 4.79 Å². The zero-order valence-corrected chi connectivity index (χ0v) is 5.82. The molecule has 0 bridgehead atoms. The standard InChI is InChI=1S/C5H6ClN3O/c6-9(5(7)10)8-3-1-2-4-8/h1-4H,(H2,7,10). The van der Waals surface area contributed by atoms with Crippen LogP contribution in [0.3, 0.4) is 0 Å². The first-order chi connectivity index (χ1) is 4.72. The Bertz CT molecular complexity index is 221. The first-order valence-electron chi connectivity index (χ1n) is 2.60. The fourth-order valence-electron chi connectivity index (χ4n) is 0.556. The molecule has 1 rings (SSSR count). The summed E-state index contributed by atoms with van der Waals surface area (Å²) in [6.45, 7) is 0. The summed E-state index contributed by atoms with van der Waals surface area (Å²) >= 11 is 5.40. The number of amides is 2. The van der Waals surface area contributed by atoms with Gasteiger partial charge in [0.15, 0.2) is 0 Å². The van der Waals surface area contributed by atoms with Crippen LogP contribution in [0.1, 0.15) is 0 Å². The minimum Gasteiger partial charge on any atom is -0.349 e. The van der Waals surface area contributed by atoms with Gasteiger partial charge in [-0.2, -0.15) is 0 Å². The normalized spacial score (nSPS) is 9.30. The molecule has 54 valence electrons. The lowest BCUT2D eigenvalue weighted by molar-refractivity contribution is 0.253. The Hall–Kier alpha value is -1.16. The van der Waals surface area contributed by atoms with Crippen LogP contribution >= 0.6 is 11.8 Å². The van der Waals surface area contributed by atoms with E-state index < -0.39 is 6.03 Å². The van der Waals surface area contributed by atoms with Gasteiger partial charge in [0.25, 0.3) is 0 Å². The van der Waals surface area contributed by atoms with Crippen molar-refractivity contribution in [2.75, 3.05) is 4.53 Å². The van der Waals surface area contributed by atoms with Crippen LogP contribution in [0.15, 0.2) is 24.5 Å². The summed E-state index contributed by atoms with van der Waals surface area (Å²) in [6, 6.07) is 2.76. The van der Waals surface area contributed by atoms with E-state index in [0.29, 0.717) is 0 Å². The summed E-state index contributed by atoms with van der Waals surface area (Å²) in [5.41, 5.74) is 4.86. The highest BCUT2D eigenvalue weighted by Crippen LogP contribution is 1.95. The summed E-state index contributed by atoms with van der Waals surface area (Å²) in [4.78, 5) is 10.4. The van der Waals surface area contributed by atoms with Crippen molar-refractivity contribution >= 4 is 17.8 Å². The minimum absolute atomic E-state index is 0.710. The topological polar surface area (TPSA) is 51.3 Å². The number of hydrogen-bond acceptors (Lipinski definition) is 1. The van der Waals surface area contributed by atoms with E-state index in [4.69, 9.17) is 17.5 Å². The molecule has 2 amide bonds. The lowest BCUT2D eigenvalue weighted by Crippen LogP contribution is -2.35. The quantitative estimate of drug-likeness (QED) is 0.602. The molecule has 5 heteroatoms. The second-order valence-corrected chi connectivity index (χ2v) is 1.98. The van der Waals surface area contributed by atoms with E-state index >= 15 is 0 Å². The van der Waals surface area contributed by atoms with Gasteiger partial charge in [0, 0.05) is 24.2 Å². The largest absolute Gasteiger partial charge is 0.349 e. The molecule has 10 heavy (non-hydrogen) atoms. The molecule has 2 N–H and O–H groups in total. The molecule has 0 atom stereocenters. The van der Waals surface area contributed by atoms with Crippen LogP contribution in [0.5, 0.6) is 0 Å². The third-order valence-corrected chi connectivity index (χ3v) is 1.31. The van der Waals surface area contributed by atoms with Gasteiger partial charge in [-0.1, -0.05) is 0 Å². The number of nitrogens with zero attached hydrogens (tertiary/aromatic N) is 2. The van der Waals surface area contributed by atoms with E-state index in [1.807, 2.05) is 0 Å². The molecule has 0 radical (unpaired) electrons. The maximum atomic E-state index is 10.4. The number of carbonyl (C=O) groups excluding carboxylic acids is 1. The molecule has 0 aliphatic rings. The smallest absolute Gasteiger partial charge is 0.349 e. The Balaban J connectivity index is 2.77. The first-order valence-corrected chi connectivity index (χ1v) is 2.94. The molecule has 1 aromatic rings. The average molecular weight is 160 g/mol. The molecule has 0 unspecified atom stereocenters. The maximum Gasteiger partial charge on any atom is 0.349 e. The summed E-state index contributed by atoms with van der Waals surface area (Å²) in [7, 11) is 0. The average Bonchev–Trinajstić information content (AvgIpc) is 2.36. The van der Waals surface area contributed by atoms with Crippen molar-refractivity contribution in [1.82, 2.24) is 4.68 Å². The monoisotopic (exact) mass is 159 g/mol. The molecule has 0 saturated carbocycles. The zero-order chi connectivity index (χ0) is 7.56. The van der Waals surface area contributed by atoms with Gasteiger partial charge in [-0.15, -0.1) is 4.53 Å². The number of halogens is 1. The number of urea groups is 1. The van der Waals surface area contributed by atoms with Crippen molar-refractivity contribution in [3.05, 3.63) is 24.5 Å². The van der Waals surface area contributed by atoms with Crippen molar-refractivity contribution < 1.29 is 4.79 Å². The lowest BCUT2D eigenvalue weighted by Gasteiger charge is -2.10. The van der Waals surface area contributed by atoms with Gasteiger partial charge in [-0.25, -0.2) is 9.47 Å². The number of nitrogens with two attached hydrogens (primary N) is 1. The molecular formula is C5H6ClN3O. The second-order valence-electron chi connectivity index (χ2n) is 1.66. The zero-order valence-electron chi connectivity index (χ0n) is 5.07. The van der Waals surface area contributed by atoms with E-state index in [0.717, 1.165) is 4.53 Å². The number of aromatic nitrogens is 1. The molecular weight excluding hydrogens is 154 g/mol. The van der Waals surface area contributed by atoms with Crippen LogP contribution < -0.4 is 10.3 Å². The number of primary amides is 1. The van der Waals surface area contributed by atoms with Gasteiger partial charge in [0.1, 0.15) is 0 Å². The highest BCUT2D eigenvalue weighted by molar-refractivity contribution is 6.31. The number of hydrogen-bond donors (Lipinski definition) is 1. The molecule has 4 nitrogen and oxygen atoms in total. The number of rotatable bonds is 1. The Kier molecular flexibility index (Phi) is 1.82. The molecule has 0 saturated heterocycles. The van der Waals surface area contributed by atoms with Crippen LogP contribution in [-0.2, 0) is 0 Å². The van der Waals surface area contributed by atoms with Crippen LogP contribution in [0.25, 0.3) is 0 Å². The van der Waals surface area contributed by atoms with Crippen molar-refractivity contribution in [3.63, 3.8) is 0 Å². The van der Waals surface area contributed by atoms with Crippen LogP contribution in [0.2, 0.25) is 0 Å². The van der Waals surface area contributed by atoms with Gasteiger partial charge < -0.3 is 5.73 Å². The number of carbonyl (C=O) groups is 1. The SMILES string of the molecule is NC(=O)N(Cl)n1cccc1. The van der Waals surface area contributed by atoms with E-state index in [1.54, 1.807) is 24.5 Å². The molecule has 0 fully saturated rings. The second kappa shape index (κ2) is 2.62. The van der Waals surface area contributed by atoms with Gasteiger partial charge in [0.2, 0.25) is 0 Å². The predicted octanol–water partition coefficient (Wildman–Crippen LogP) is 0.659. The molecule has 1 heterocycles. The fourth-order valence-corrected chi connectivity index (χ4v) is 0.657. The molecule has 0 aromatic carbocycles. The highest BCUT2D eigenvalue weighted by Gasteiger charge is 2.04. The van der Waals surface area contributed by atoms with E-state index in [9.17, 15) is 4.79 Å². The van der Waals surface area contributed by atoms with Crippen molar-refractivity contribution in [2.45, 2.75) is 0 Å². The molecule has 0 aliphatic carbocycles. The lowest BCUT2D eigenvalue weighted by atomic mass is 10.7. The van der Waals surface area contributed by atoms with Gasteiger partial charge in [0.05, 0.1) is 0 Å². The van der Waals surface area contributed by atoms with Gasteiger partial charge in [-0.3, -0.25) is 0 Å². The third-order valence-electron chi connectivity index (χ3n) is 0.973. The highest BCUT2D eigenvalue weighted by atomic mass is 35.5. The summed E-state index contributed by atoms with van der Waals surface area (Å²) < 4.78 is 2.14. The summed E-state index contributed by atoms with van der Waals surface area (Å²) in [5.74, 6) is 0. The van der Waals surface area contributed by atoms with Gasteiger partial charge >= 0.3 is 6.03 Å². The summed E-state index contributed by atoms with van der Waals surface area (Å²) in [6.07, 6.45) is 3.22. The van der Waals surface area contributed by atoms with E-state index in [-0.39, 0.29) is 0 Å². The molecule has 0 spiro atoms. The van der Waals surface area contributed by atoms with Crippen LogP contribution in [-0.4, -0.2) is 10.7 Å². The first kappa shape index (κ1) is 6.95. The Morgan fingerprint density at radius 1 is 1.50 bits per heavy atom. The van der Waals surface area contributed by atoms with E-state index in [2.05, 4.69) is 0 Å². The van der Waals surface area contributed by atoms with Crippen molar-refractivity contribution in [3.8, 4) is 0 Å². The molecule has 1 aromatic heterocycles. The Labute approximate surface area is 62.9 Å². The van der Waals surface area contributed by atoms with Crippen LogP contribution in [0, 0.1) is 0 Å². The Morgan fingerprint density at radius 3 is 2.40 bits per heavy atom. The predicted molar refractivity (Wildman–Crippen MR) is 38.1 cm³/mol. The minimum atomic E-state index is -0.710. The van der Waals surface area contributed by atoms with Crippen molar-refractivity contribution in [1.29, 1.82) is 0 Å². The van der Waals surface area contributed by atoms with Crippen molar-refractivity contribution in [2.24, 2.45) is 5.73 Å². The molecule has 0 aliphatic heterocycles. The van der Waals surface area contributed by atoms with Gasteiger partial charge in [-0.05, 0) is 12.1 Å². The maximum absolute atomic E-state index is 10.4. The summed E-state index contributed by atoms with van der Waals surface area (Å²) in [5, 5.41) is 0. The Morgan fingerprint density at radius 2 is 2.00 bits per heavy atom. The third kappa shape index (κ3) is 1.22. The van der Waals surface area contributed by atoms with E-state index in [1.165, 1.54) is 4.68 Å². The fraction of sp³-hybridized carbons (Fsp3) is 0.